The van der Waals surface area contributed by atoms with E-state index in [2.05, 4.69) is 0 Å². The lowest BCUT2D eigenvalue weighted by Gasteiger charge is -2.29. The molecule has 9 heteroatoms. The third-order valence-electron chi connectivity index (χ3n) is 4.49. The molecule has 1 aromatic carbocycles. The van der Waals surface area contributed by atoms with Crippen LogP contribution in [0, 0.1) is 11.3 Å². The molecule has 1 amide bonds. The lowest BCUT2D eigenvalue weighted by atomic mass is 10.0. The Balaban J connectivity index is 2.37. The molecule has 0 unspecified atom stereocenters. The zero-order valence-electron chi connectivity index (χ0n) is 15.3. The van der Waals surface area contributed by atoms with Gasteiger partial charge in [0.25, 0.3) is 5.91 Å². The summed E-state index contributed by atoms with van der Waals surface area (Å²) in [5.74, 6) is -0.405. The molecule has 1 fully saturated rings. The van der Waals surface area contributed by atoms with E-state index in [0.717, 1.165) is 29.9 Å². The van der Waals surface area contributed by atoms with E-state index in [1.165, 1.54) is 12.1 Å². The first-order valence-electron chi connectivity index (χ1n) is 8.32. The summed E-state index contributed by atoms with van der Waals surface area (Å²) in [6.07, 6.45) is -3.21. The van der Waals surface area contributed by atoms with Crippen molar-refractivity contribution in [1.29, 1.82) is 5.26 Å². The first-order chi connectivity index (χ1) is 12.6. The second-order valence-corrected chi connectivity index (χ2v) is 7.04. The molecular formula is C18H20F3N3O2S. The number of halogens is 3. The van der Waals surface area contributed by atoms with E-state index in [-0.39, 0.29) is 10.8 Å². The first kappa shape index (κ1) is 21.1. The van der Waals surface area contributed by atoms with E-state index >= 15 is 0 Å². The quantitative estimate of drug-likeness (QED) is 0.539. The van der Waals surface area contributed by atoms with E-state index < -0.39 is 28.7 Å². The topological polar surface area (TPSA) is 56.6 Å². The minimum absolute atomic E-state index is 0.00351. The van der Waals surface area contributed by atoms with Gasteiger partial charge >= 0.3 is 6.18 Å². The van der Waals surface area contributed by atoms with Gasteiger partial charge in [0, 0.05) is 20.3 Å². The van der Waals surface area contributed by atoms with Crippen molar-refractivity contribution in [3.05, 3.63) is 29.3 Å². The second-order valence-electron chi connectivity index (χ2n) is 6.67. The third kappa shape index (κ3) is 4.06. The second kappa shape index (κ2) is 7.82. The summed E-state index contributed by atoms with van der Waals surface area (Å²) in [5, 5.41) is 9.09. The van der Waals surface area contributed by atoms with Gasteiger partial charge in [-0.2, -0.15) is 18.4 Å². The Morgan fingerprint density at radius 3 is 2.52 bits per heavy atom. The molecule has 1 saturated heterocycles. The van der Waals surface area contributed by atoms with Crippen molar-refractivity contribution in [3.8, 4) is 6.07 Å². The summed E-state index contributed by atoms with van der Waals surface area (Å²) in [6.45, 7) is 4.43. The fraction of sp³-hybridized carbons (Fsp3) is 0.500. The summed E-state index contributed by atoms with van der Waals surface area (Å²) in [6, 6.07) is 4.69. The molecule has 1 heterocycles. The number of hydrogen-bond acceptors (Lipinski definition) is 4. The van der Waals surface area contributed by atoms with Crippen molar-refractivity contribution in [2.24, 2.45) is 0 Å². The third-order valence-corrected chi connectivity index (χ3v) is 4.89. The Morgan fingerprint density at radius 1 is 1.30 bits per heavy atom. The van der Waals surface area contributed by atoms with Crippen molar-refractivity contribution < 1.29 is 22.7 Å². The summed E-state index contributed by atoms with van der Waals surface area (Å²) >= 11 is 5.40. The van der Waals surface area contributed by atoms with Gasteiger partial charge in [0.1, 0.15) is 5.54 Å². The normalized spacial score (nSPS) is 16.8. The number of methoxy groups -OCH3 is 1. The Kier molecular flexibility index (Phi) is 6.12. The van der Waals surface area contributed by atoms with Crippen LogP contribution in [0.25, 0.3) is 0 Å². The van der Waals surface area contributed by atoms with Gasteiger partial charge in [0.05, 0.1) is 22.9 Å². The number of nitrogens with zero attached hydrogens (tertiary/aromatic N) is 3. The lowest BCUT2D eigenvalue weighted by Crippen LogP contribution is -2.44. The number of ether oxygens (including phenoxy) is 1. The zero-order chi connectivity index (χ0) is 20.4. The van der Waals surface area contributed by atoms with E-state index in [4.69, 9.17) is 22.2 Å². The molecule has 2 rings (SSSR count). The van der Waals surface area contributed by atoms with E-state index in [9.17, 15) is 18.0 Å². The van der Waals surface area contributed by atoms with Gasteiger partial charge in [0.15, 0.2) is 5.11 Å². The molecule has 1 aliphatic heterocycles. The molecular weight excluding hydrogens is 379 g/mol. The minimum atomic E-state index is -4.71. The zero-order valence-corrected chi connectivity index (χ0v) is 16.1. The van der Waals surface area contributed by atoms with Gasteiger partial charge in [-0.25, -0.2) is 0 Å². The number of alkyl halides is 3. The van der Waals surface area contributed by atoms with Crippen molar-refractivity contribution in [2.75, 3.05) is 25.2 Å². The largest absolute Gasteiger partial charge is 0.417 e. The molecule has 0 bridgehead atoms. The van der Waals surface area contributed by atoms with Gasteiger partial charge in [-0.05, 0) is 57.1 Å². The highest BCUT2D eigenvalue weighted by molar-refractivity contribution is 7.80. The monoisotopic (exact) mass is 399 g/mol. The van der Waals surface area contributed by atoms with E-state index in [1.54, 1.807) is 25.9 Å². The van der Waals surface area contributed by atoms with Crippen molar-refractivity contribution >= 4 is 28.9 Å². The number of carbonyl (C=O) groups is 1. The number of nitriles is 1. The summed E-state index contributed by atoms with van der Waals surface area (Å²) in [7, 11) is 1.60. The summed E-state index contributed by atoms with van der Waals surface area (Å²) in [5.41, 5.74) is -2.56. The van der Waals surface area contributed by atoms with Crippen molar-refractivity contribution in [3.63, 3.8) is 0 Å². The molecule has 0 radical (unpaired) electrons. The maximum absolute atomic E-state index is 13.3. The molecule has 0 spiro atoms. The molecule has 0 atom stereocenters. The molecule has 0 saturated carbocycles. The van der Waals surface area contributed by atoms with Gasteiger partial charge in [-0.3, -0.25) is 9.69 Å². The van der Waals surface area contributed by atoms with Crippen LogP contribution in [0.1, 0.15) is 37.8 Å². The molecule has 0 aliphatic carbocycles. The lowest BCUT2D eigenvalue weighted by molar-refractivity contribution is -0.137. The van der Waals surface area contributed by atoms with Gasteiger partial charge < -0.3 is 9.64 Å². The fourth-order valence-electron chi connectivity index (χ4n) is 2.96. The number of hydrogen-bond donors (Lipinski definition) is 0. The SMILES string of the molecule is COCCCCN1C(=S)N(c2ccc(C#N)c(C(F)(F)F)c2)C(=O)C1(C)C. The van der Waals surface area contributed by atoms with Crippen LogP contribution >= 0.6 is 12.2 Å². The minimum Gasteiger partial charge on any atom is -0.385 e. The van der Waals surface area contributed by atoms with Crippen LogP contribution < -0.4 is 4.90 Å². The maximum Gasteiger partial charge on any atom is 0.417 e. The number of carbonyl (C=O) groups excluding carboxylic acids is 1. The number of thiocarbonyl (C=S) groups is 1. The molecule has 5 nitrogen and oxygen atoms in total. The van der Waals surface area contributed by atoms with Crippen LogP contribution in [0.3, 0.4) is 0 Å². The van der Waals surface area contributed by atoms with E-state index in [0.29, 0.717) is 13.2 Å². The molecule has 27 heavy (non-hydrogen) atoms. The Bertz CT molecular complexity index is 787. The Labute approximate surface area is 161 Å². The van der Waals surface area contributed by atoms with Crippen molar-refractivity contribution in [2.45, 2.75) is 38.4 Å². The standard InChI is InChI=1S/C18H20F3N3O2S/c1-17(2)15(25)24(16(27)23(17)8-4-5-9-26-3)13-7-6-12(11-22)14(10-13)18(19,20)21/h6-7,10H,4-5,8-9H2,1-3H3. The van der Waals surface area contributed by atoms with Crippen LogP contribution in [-0.4, -0.2) is 41.7 Å². The van der Waals surface area contributed by atoms with Gasteiger partial charge in [-0.15, -0.1) is 0 Å². The van der Waals surface area contributed by atoms with Gasteiger partial charge in [-0.1, -0.05) is 0 Å². The Hall–Kier alpha value is -2.18. The predicted octanol–water partition coefficient (Wildman–Crippen LogP) is 3.72. The highest BCUT2D eigenvalue weighted by Crippen LogP contribution is 2.37. The van der Waals surface area contributed by atoms with Crippen molar-refractivity contribution in [1.82, 2.24) is 4.90 Å². The van der Waals surface area contributed by atoms with Crippen LogP contribution in [-0.2, 0) is 15.7 Å². The van der Waals surface area contributed by atoms with Crippen LogP contribution in [0.4, 0.5) is 18.9 Å². The number of unbranched alkanes of at least 4 members (excludes halogenated alkanes) is 1. The average molecular weight is 399 g/mol. The predicted molar refractivity (Wildman–Crippen MR) is 98.1 cm³/mol. The highest BCUT2D eigenvalue weighted by atomic mass is 32.1. The smallest absolute Gasteiger partial charge is 0.385 e. The summed E-state index contributed by atoms with van der Waals surface area (Å²) < 4.78 is 44.8. The van der Waals surface area contributed by atoms with Crippen LogP contribution in [0.5, 0.6) is 0 Å². The fourth-order valence-corrected chi connectivity index (χ4v) is 3.47. The number of benzene rings is 1. The number of rotatable bonds is 6. The Morgan fingerprint density at radius 2 is 1.96 bits per heavy atom. The molecule has 0 aromatic heterocycles. The first-order valence-corrected chi connectivity index (χ1v) is 8.73. The number of anilines is 1. The average Bonchev–Trinajstić information content (AvgIpc) is 2.76. The molecule has 146 valence electrons. The molecule has 1 aliphatic rings. The molecule has 1 aromatic rings. The molecule has 0 N–H and O–H groups in total. The maximum atomic E-state index is 13.3. The number of amides is 1. The highest BCUT2D eigenvalue weighted by Gasteiger charge is 2.49. The van der Waals surface area contributed by atoms with Crippen LogP contribution in [0.2, 0.25) is 0 Å². The van der Waals surface area contributed by atoms with Gasteiger partial charge in [0.2, 0.25) is 0 Å². The van der Waals surface area contributed by atoms with Crippen LogP contribution in [0.15, 0.2) is 18.2 Å². The summed E-state index contributed by atoms with van der Waals surface area (Å²) in [4.78, 5) is 15.7. The van der Waals surface area contributed by atoms with E-state index in [1.807, 2.05) is 0 Å².